The van der Waals surface area contributed by atoms with E-state index in [4.69, 9.17) is 0 Å². The molecule has 1 aromatic rings. The summed E-state index contributed by atoms with van der Waals surface area (Å²) in [5.74, 6) is 0.438. The van der Waals surface area contributed by atoms with Crippen LogP contribution in [0.2, 0.25) is 0 Å². The van der Waals surface area contributed by atoms with Gasteiger partial charge < -0.3 is 4.90 Å². The van der Waals surface area contributed by atoms with Crippen molar-refractivity contribution in [1.29, 1.82) is 0 Å². The highest BCUT2D eigenvalue weighted by molar-refractivity contribution is 9.10. The van der Waals surface area contributed by atoms with Gasteiger partial charge in [-0.25, -0.2) is 8.42 Å². The number of thiophene rings is 1. The van der Waals surface area contributed by atoms with Crippen molar-refractivity contribution < 1.29 is 8.42 Å². The Labute approximate surface area is 121 Å². The molecule has 1 aliphatic heterocycles. The number of hydrogen-bond donors (Lipinski definition) is 0. The first-order valence-corrected chi connectivity index (χ1v) is 8.90. The van der Waals surface area contributed by atoms with Gasteiger partial charge in [0.25, 0.3) is 10.0 Å². The van der Waals surface area contributed by atoms with Crippen molar-refractivity contribution in [3.05, 3.63) is 15.9 Å². The fraction of sp³-hybridized carbons (Fsp3) is 0.636. The Morgan fingerprint density at radius 1 is 1.61 bits per heavy atom. The van der Waals surface area contributed by atoms with Gasteiger partial charge in [-0.05, 0) is 53.3 Å². The predicted molar refractivity (Wildman–Crippen MR) is 77.4 cm³/mol. The highest BCUT2D eigenvalue weighted by Crippen LogP contribution is 2.30. The number of halogens is 1. The van der Waals surface area contributed by atoms with Gasteiger partial charge in [-0.2, -0.15) is 4.31 Å². The van der Waals surface area contributed by atoms with Crippen molar-refractivity contribution in [2.24, 2.45) is 5.92 Å². The fourth-order valence-corrected chi connectivity index (χ4v) is 5.99. The third-order valence-corrected chi connectivity index (χ3v) is 7.70. The number of sulfonamides is 1. The van der Waals surface area contributed by atoms with Crippen LogP contribution in [0.5, 0.6) is 0 Å². The topological polar surface area (TPSA) is 40.6 Å². The van der Waals surface area contributed by atoms with Crippen LogP contribution in [0.3, 0.4) is 0 Å². The second-order valence-corrected chi connectivity index (χ2v) is 8.77. The Hall–Kier alpha value is 0.0500. The van der Waals surface area contributed by atoms with Crippen molar-refractivity contribution in [2.75, 3.05) is 33.7 Å². The van der Waals surface area contributed by atoms with Crippen molar-refractivity contribution in [3.8, 4) is 0 Å². The number of nitrogens with zero attached hydrogens (tertiary/aromatic N) is 2. The summed E-state index contributed by atoms with van der Waals surface area (Å²) in [6.45, 7) is 2.63. The van der Waals surface area contributed by atoms with Gasteiger partial charge in [0.15, 0.2) is 0 Å². The summed E-state index contributed by atoms with van der Waals surface area (Å²) in [5, 5.41) is 1.79. The molecule has 7 heteroatoms. The van der Waals surface area contributed by atoms with Crippen LogP contribution in [0.1, 0.15) is 6.42 Å². The lowest BCUT2D eigenvalue weighted by Crippen LogP contribution is -2.32. The average Bonchev–Trinajstić information content (AvgIpc) is 2.87. The molecule has 2 heterocycles. The minimum atomic E-state index is -3.34. The molecule has 0 aliphatic carbocycles. The van der Waals surface area contributed by atoms with Crippen LogP contribution < -0.4 is 0 Å². The van der Waals surface area contributed by atoms with Crippen LogP contribution in [-0.2, 0) is 10.0 Å². The third kappa shape index (κ3) is 2.96. The molecule has 1 saturated heterocycles. The zero-order valence-corrected chi connectivity index (χ0v) is 13.7. The van der Waals surface area contributed by atoms with E-state index in [2.05, 4.69) is 27.9 Å². The number of hydrogen-bond acceptors (Lipinski definition) is 4. The lowest BCUT2D eigenvalue weighted by molar-refractivity contribution is 0.357. The molecule has 0 N–H and O–H groups in total. The summed E-state index contributed by atoms with van der Waals surface area (Å²) in [6.07, 6.45) is 1.07. The fourth-order valence-electron chi connectivity index (χ4n) is 2.24. The molecule has 0 radical (unpaired) electrons. The summed E-state index contributed by atoms with van der Waals surface area (Å²) in [4.78, 5) is 2.24. The lowest BCUT2D eigenvalue weighted by Gasteiger charge is -2.20. The molecule has 0 bridgehead atoms. The molecule has 0 spiro atoms. The van der Waals surface area contributed by atoms with Crippen LogP contribution in [0.25, 0.3) is 0 Å². The summed E-state index contributed by atoms with van der Waals surface area (Å²) in [5.41, 5.74) is 0. The van der Waals surface area contributed by atoms with Gasteiger partial charge in [-0.3, -0.25) is 0 Å². The minimum Gasteiger partial charge on any atom is -0.306 e. The van der Waals surface area contributed by atoms with E-state index in [-0.39, 0.29) is 0 Å². The molecule has 18 heavy (non-hydrogen) atoms. The van der Waals surface area contributed by atoms with Crippen LogP contribution in [-0.4, -0.2) is 51.4 Å². The Morgan fingerprint density at radius 2 is 2.33 bits per heavy atom. The Bertz CT molecular complexity index is 515. The van der Waals surface area contributed by atoms with E-state index in [1.807, 2.05) is 0 Å². The summed E-state index contributed by atoms with van der Waals surface area (Å²) < 4.78 is 27.3. The first kappa shape index (κ1) is 14.5. The monoisotopic (exact) mass is 352 g/mol. The van der Waals surface area contributed by atoms with Gasteiger partial charge in [-0.15, -0.1) is 11.3 Å². The van der Waals surface area contributed by atoms with Crippen LogP contribution >= 0.6 is 27.3 Å². The average molecular weight is 353 g/mol. The molecule has 2 rings (SSSR count). The van der Waals surface area contributed by atoms with E-state index in [0.717, 1.165) is 19.5 Å². The first-order chi connectivity index (χ1) is 8.41. The van der Waals surface area contributed by atoms with Gasteiger partial charge in [-0.1, -0.05) is 0 Å². The molecule has 102 valence electrons. The maximum Gasteiger partial charge on any atom is 0.253 e. The molecule has 1 aliphatic rings. The molecule has 1 unspecified atom stereocenters. The second kappa shape index (κ2) is 5.58. The Morgan fingerprint density at radius 3 is 2.83 bits per heavy atom. The first-order valence-electron chi connectivity index (χ1n) is 5.79. The van der Waals surface area contributed by atoms with E-state index >= 15 is 0 Å². The smallest absolute Gasteiger partial charge is 0.253 e. The van der Waals surface area contributed by atoms with Gasteiger partial charge in [0.2, 0.25) is 0 Å². The molecule has 0 aromatic carbocycles. The molecule has 1 atom stereocenters. The summed E-state index contributed by atoms with van der Waals surface area (Å²) in [6, 6.07) is 1.77. The Balaban J connectivity index is 2.09. The van der Waals surface area contributed by atoms with Crippen molar-refractivity contribution in [3.63, 3.8) is 0 Å². The van der Waals surface area contributed by atoms with Gasteiger partial charge in [0.1, 0.15) is 4.21 Å². The van der Waals surface area contributed by atoms with E-state index in [1.54, 1.807) is 18.5 Å². The van der Waals surface area contributed by atoms with Gasteiger partial charge >= 0.3 is 0 Å². The normalized spacial score (nSPS) is 21.9. The highest BCUT2D eigenvalue weighted by atomic mass is 79.9. The summed E-state index contributed by atoms with van der Waals surface area (Å²) in [7, 11) is 0.395. The van der Waals surface area contributed by atoms with E-state index in [0.29, 0.717) is 21.1 Å². The molecule has 0 amide bonds. The van der Waals surface area contributed by atoms with Crippen molar-refractivity contribution >= 4 is 37.3 Å². The maximum atomic E-state index is 12.4. The van der Waals surface area contributed by atoms with Gasteiger partial charge in [0, 0.05) is 24.6 Å². The van der Waals surface area contributed by atoms with Crippen molar-refractivity contribution in [2.45, 2.75) is 10.6 Å². The maximum absolute atomic E-state index is 12.4. The third-order valence-electron chi connectivity index (χ3n) is 3.23. The predicted octanol–water partition coefficient (Wildman–Crippen LogP) is 2.08. The molecular formula is C11H17BrN2O2S2. The molecule has 1 aromatic heterocycles. The van der Waals surface area contributed by atoms with Gasteiger partial charge in [0.05, 0.1) is 0 Å². The minimum absolute atomic E-state index is 0.399. The van der Waals surface area contributed by atoms with Crippen LogP contribution in [0.15, 0.2) is 20.1 Å². The van der Waals surface area contributed by atoms with E-state index in [1.165, 1.54) is 15.6 Å². The van der Waals surface area contributed by atoms with Crippen LogP contribution in [0, 0.1) is 5.92 Å². The number of likely N-dealkylation sites (tertiary alicyclic amines) is 1. The van der Waals surface area contributed by atoms with Crippen molar-refractivity contribution in [1.82, 2.24) is 9.21 Å². The van der Waals surface area contributed by atoms with E-state index < -0.39 is 10.0 Å². The number of rotatable bonds is 4. The highest BCUT2D eigenvalue weighted by Gasteiger charge is 2.29. The second-order valence-electron chi connectivity index (χ2n) is 4.76. The molecular weight excluding hydrogens is 336 g/mol. The largest absolute Gasteiger partial charge is 0.306 e. The Kier molecular flexibility index (Phi) is 4.48. The zero-order chi connectivity index (χ0) is 13.3. The molecule has 0 saturated carbocycles. The van der Waals surface area contributed by atoms with E-state index in [9.17, 15) is 8.42 Å². The van der Waals surface area contributed by atoms with Crippen LogP contribution in [0.4, 0.5) is 0 Å². The molecule has 4 nitrogen and oxygen atoms in total. The SMILES string of the molecule is CN1CCC(CN(C)S(=O)(=O)c2sccc2Br)C1. The molecule has 1 fully saturated rings. The lowest BCUT2D eigenvalue weighted by atomic mass is 10.1. The standard InChI is InChI=1S/C11H17BrN2O2S2/c1-13-5-3-9(7-13)8-14(2)18(15,16)11-10(12)4-6-17-11/h4,6,9H,3,5,7-8H2,1-2H3. The summed E-state index contributed by atoms with van der Waals surface area (Å²) >= 11 is 4.55. The quantitative estimate of drug-likeness (QED) is 0.832. The zero-order valence-electron chi connectivity index (χ0n) is 10.5.